The molecule has 1 saturated carbocycles. The lowest BCUT2D eigenvalue weighted by atomic mass is 10.0. The van der Waals surface area contributed by atoms with Crippen LogP contribution in [0.15, 0.2) is 49.2 Å². The van der Waals surface area contributed by atoms with Gasteiger partial charge in [-0.15, -0.1) is 0 Å². The molecule has 188 valence electrons. The fraction of sp³-hybridized carbons (Fsp3) is 0.269. The van der Waals surface area contributed by atoms with Crippen LogP contribution < -0.4 is 4.74 Å². The van der Waals surface area contributed by atoms with Gasteiger partial charge in [0.25, 0.3) is 0 Å². The number of methoxy groups -OCH3 is 1. The van der Waals surface area contributed by atoms with Crippen LogP contribution in [0.2, 0.25) is 0 Å². The van der Waals surface area contributed by atoms with Crippen LogP contribution in [0.25, 0.3) is 33.8 Å². The van der Waals surface area contributed by atoms with E-state index in [0.29, 0.717) is 45.9 Å². The molecule has 37 heavy (non-hydrogen) atoms. The largest absolute Gasteiger partial charge is 0.480 e. The molecule has 8 nitrogen and oxygen atoms in total. The monoisotopic (exact) mass is 508 g/mol. The number of benzene rings is 1. The van der Waals surface area contributed by atoms with Crippen molar-refractivity contribution < 1.29 is 22.0 Å². The number of H-pyrrole nitrogens is 1. The molecule has 5 aromatic rings. The number of hydrogen-bond acceptors (Lipinski definition) is 6. The summed E-state index contributed by atoms with van der Waals surface area (Å²) in [6.45, 7) is -2.82. The van der Waals surface area contributed by atoms with Gasteiger partial charge in [0.2, 0.25) is 5.88 Å². The van der Waals surface area contributed by atoms with Crippen molar-refractivity contribution in [2.24, 2.45) is 6.98 Å². The van der Waals surface area contributed by atoms with E-state index < -0.39 is 18.8 Å². The maximum Gasteiger partial charge on any atom is 0.434 e. The lowest BCUT2D eigenvalue weighted by molar-refractivity contribution is -0.140. The fourth-order valence-electron chi connectivity index (χ4n) is 4.35. The van der Waals surface area contributed by atoms with Gasteiger partial charge in [-0.2, -0.15) is 13.2 Å². The highest BCUT2D eigenvalue weighted by Crippen LogP contribution is 2.45. The maximum absolute atomic E-state index is 13.2. The van der Waals surface area contributed by atoms with E-state index in [-0.39, 0.29) is 11.4 Å². The van der Waals surface area contributed by atoms with Crippen LogP contribution in [0.3, 0.4) is 0 Å². The summed E-state index contributed by atoms with van der Waals surface area (Å²) in [6, 6.07) is 6.56. The number of nitrogens with zero attached hydrogens (tertiary/aromatic N) is 6. The van der Waals surface area contributed by atoms with Gasteiger partial charge in [-0.3, -0.25) is 0 Å². The molecule has 0 aliphatic heterocycles. The minimum absolute atomic E-state index is 0.252. The van der Waals surface area contributed by atoms with Crippen molar-refractivity contribution in [2.75, 3.05) is 7.11 Å². The first-order valence-electron chi connectivity index (χ1n) is 13.0. The molecule has 4 aromatic heterocycles. The quantitative estimate of drug-likeness (QED) is 0.334. The Bertz CT molecular complexity index is 1710. The van der Waals surface area contributed by atoms with Gasteiger partial charge < -0.3 is 14.3 Å². The van der Waals surface area contributed by atoms with Crippen LogP contribution in [-0.2, 0) is 19.6 Å². The molecule has 1 aliphatic rings. The van der Waals surface area contributed by atoms with Crippen molar-refractivity contribution >= 4 is 11.0 Å². The third-order valence-electron chi connectivity index (χ3n) is 6.32. The molecule has 0 bridgehead atoms. The first kappa shape index (κ1) is 19.9. The topological polar surface area (TPSA) is 94.4 Å². The van der Waals surface area contributed by atoms with Gasteiger partial charge in [0.1, 0.15) is 17.7 Å². The van der Waals surface area contributed by atoms with Crippen LogP contribution in [0.1, 0.15) is 45.4 Å². The van der Waals surface area contributed by atoms with Crippen molar-refractivity contribution in [3.8, 4) is 28.7 Å². The third-order valence-corrected chi connectivity index (χ3v) is 6.32. The van der Waals surface area contributed by atoms with Crippen molar-refractivity contribution in [2.45, 2.75) is 31.4 Å². The van der Waals surface area contributed by atoms with Gasteiger partial charge in [-0.1, -0.05) is 24.3 Å². The molecule has 0 amide bonds. The summed E-state index contributed by atoms with van der Waals surface area (Å²) in [7, 11) is 1.54. The smallest absolute Gasteiger partial charge is 0.434 e. The Morgan fingerprint density at radius 1 is 1.14 bits per heavy atom. The molecule has 1 aliphatic carbocycles. The Labute approximate surface area is 213 Å². The Kier molecular flexibility index (Phi) is 4.66. The predicted molar refractivity (Wildman–Crippen MR) is 130 cm³/mol. The number of hydrogen-bond donors (Lipinski definition) is 1. The number of imidazole rings is 1. The minimum atomic E-state index is -4.77. The highest BCUT2D eigenvalue weighted by atomic mass is 19.4. The van der Waals surface area contributed by atoms with Crippen LogP contribution in [0.5, 0.6) is 5.88 Å². The first-order valence-corrected chi connectivity index (χ1v) is 11.5. The molecule has 0 atom stereocenters. The van der Waals surface area contributed by atoms with Crippen molar-refractivity contribution in [1.82, 2.24) is 34.5 Å². The summed E-state index contributed by atoms with van der Waals surface area (Å²) in [5.74, 6) is 0.908. The van der Waals surface area contributed by atoms with Crippen LogP contribution >= 0.6 is 0 Å². The molecule has 0 unspecified atom stereocenters. The Balaban J connectivity index is 1.32. The molecule has 1 N–H and O–H groups in total. The van der Waals surface area contributed by atoms with Crippen molar-refractivity contribution in [3.63, 3.8) is 0 Å². The van der Waals surface area contributed by atoms with E-state index in [1.54, 1.807) is 37.6 Å². The highest BCUT2D eigenvalue weighted by molar-refractivity contribution is 5.81. The number of nitrogens with one attached hydrogen (secondary N) is 1. The van der Waals surface area contributed by atoms with Gasteiger partial charge in [0.05, 0.1) is 30.0 Å². The molecule has 4 heterocycles. The van der Waals surface area contributed by atoms with Gasteiger partial charge in [0, 0.05) is 46.9 Å². The van der Waals surface area contributed by atoms with E-state index in [1.807, 2.05) is 6.20 Å². The second kappa shape index (κ2) is 8.68. The Morgan fingerprint density at radius 3 is 2.65 bits per heavy atom. The van der Waals surface area contributed by atoms with Crippen molar-refractivity contribution in [1.29, 1.82) is 0 Å². The number of rotatable bonds is 6. The summed E-state index contributed by atoms with van der Waals surface area (Å²) in [5.41, 5.74) is 3.68. The summed E-state index contributed by atoms with van der Waals surface area (Å²) >= 11 is 0. The molecule has 0 saturated heterocycles. The molecule has 0 radical (unpaired) electrons. The zero-order valence-electron chi connectivity index (χ0n) is 22.5. The van der Waals surface area contributed by atoms with E-state index in [9.17, 15) is 13.2 Å². The van der Waals surface area contributed by atoms with E-state index >= 15 is 0 Å². The molecule has 6 rings (SSSR count). The molecular weight excluding hydrogens is 483 g/mol. The number of fused-ring (bicyclic) bond motifs is 1. The number of alkyl halides is 3. The zero-order chi connectivity index (χ0) is 28.2. The summed E-state index contributed by atoms with van der Waals surface area (Å²) < 4.78 is 68.7. The van der Waals surface area contributed by atoms with Gasteiger partial charge in [-0.05, 0) is 18.4 Å². The molecule has 1 fully saturated rings. The molecule has 1 aromatic carbocycles. The number of aryl methyl sites for hydroxylation is 1. The van der Waals surface area contributed by atoms with Gasteiger partial charge >= 0.3 is 6.18 Å². The maximum atomic E-state index is 13.2. The van der Waals surface area contributed by atoms with Crippen LogP contribution in [0.4, 0.5) is 13.2 Å². The number of ether oxygens (including phenoxy) is 1. The van der Waals surface area contributed by atoms with E-state index in [1.165, 1.54) is 6.33 Å². The van der Waals surface area contributed by atoms with Gasteiger partial charge in [-0.25, -0.2) is 24.9 Å². The van der Waals surface area contributed by atoms with E-state index in [2.05, 4.69) is 24.9 Å². The number of aromatic amines is 1. The zero-order valence-corrected chi connectivity index (χ0v) is 19.5. The Hall–Kier alpha value is -4.28. The van der Waals surface area contributed by atoms with Crippen LogP contribution in [-0.4, -0.2) is 41.6 Å². The highest BCUT2D eigenvalue weighted by Gasteiger charge is 2.34. The second-order valence-corrected chi connectivity index (χ2v) is 8.88. The van der Waals surface area contributed by atoms with E-state index in [4.69, 9.17) is 13.8 Å². The summed E-state index contributed by atoms with van der Waals surface area (Å²) in [6.07, 6.45) is 3.27. The molecular formula is C26H22F3N7O. The normalized spacial score (nSPS) is 15.4. The number of halogens is 3. The number of aromatic nitrogens is 7. The lowest BCUT2D eigenvalue weighted by Crippen LogP contribution is -2.04. The summed E-state index contributed by atoms with van der Waals surface area (Å²) in [4.78, 5) is 24.8. The molecule has 0 spiro atoms. The Morgan fingerprint density at radius 2 is 1.95 bits per heavy atom. The van der Waals surface area contributed by atoms with Crippen LogP contribution in [0, 0.1) is 0 Å². The van der Waals surface area contributed by atoms with E-state index in [0.717, 1.165) is 35.2 Å². The second-order valence-electron chi connectivity index (χ2n) is 8.88. The SMILES string of the molecule is [2H]C([2H])([2H])n1cc(C(F)(F)F)nc1-c1ccc(Cc2c[nH]c3cnc(-c4c(OC)ncnc4C4CC4)nc23)cc1. The standard InChI is InChI=1S/C26H22F3N7O/c1-36-12-19(26(27,28)29)34-24(36)16-5-3-14(4-6-16)9-17-10-30-18-11-31-23(35-21(17)18)20-22(15-7-8-15)32-13-33-25(20)37-2/h3-6,10-13,15,30H,7-9H2,1-2H3/i1D3. The fourth-order valence-corrected chi connectivity index (χ4v) is 4.35. The first-order chi connectivity index (χ1) is 19.0. The predicted octanol–water partition coefficient (Wildman–Crippen LogP) is 5.31. The summed E-state index contributed by atoms with van der Waals surface area (Å²) in [5, 5.41) is 0. The minimum Gasteiger partial charge on any atom is -0.480 e. The van der Waals surface area contributed by atoms with Crippen molar-refractivity contribution in [3.05, 3.63) is 71.7 Å². The lowest BCUT2D eigenvalue weighted by Gasteiger charge is -2.10. The molecule has 11 heteroatoms. The average molecular weight is 509 g/mol. The average Bonchev–Trinajstić information content (AvgIpc) is 3.52. The third kappa shape index (κ3) is 4.30. The van der Waals surface area contributed by atoms with Gasteiger partial charge in [0.15, 0.2) is 11.5 Å².